The maximum atomic E-state index is 12.3. The van der Waals surface area contributed by atoms with Crippen LogP contribution in [0.1, 0.15) is 38.2 Å². The summed E-state index contributed by atoms with van der Waals surface area (Å²) in [4.78, 5) is 14.2. The summed E-state index contributed by atoms with van der Waals surface area (Å²) in [5.74, 6) is 0.441. The van der Waals surface area contributed by atoms with Crippen molar-refractivity contribution in [2.45, 2.75) is 38.6 Å². The van der Waals surface area contributed by atoms with Gasteiger partial charge in [0.25, 0.3) is 5.91 Å². The predicted octanol–water partition coefficient (Wildman–Crippen LogP) is 3.38. The van der Waals surface area contributed by atoms with E-state index in [9.17, 15) is 4.79 Å². The van der Waals surface area contributed by atoms with E-state index in [0.29, 0.717) is 22.4 Å². The van der Waals surface area contributed by atoms with Gasteiger partial charge in [-0.2, -0.15) is 5.26 Å². The van der Waals surface area contributed by atoms with E-state index in [2.05, 4.69) is 6.92 Å². The molecule has 0 bridgehead atoms. The average molecular weight is 307 g/mol. The average Bonchev–Trinajstić information content (AvgIpc) is 2.53. The number of ether oxygens (including phenoxy) is 1. The van der Waals surface area contributed by atoms with Crippen LogP contribution in [0.4, 0.5) is 0 Å². The van der Waals surface area contributed by atoms with E-state index in [0.717, 1.165) is 25.8 Å². The van der Waals surface area contributed by atoms with E-state index >= 15 is 0 Å². The lowest BCUT2D eigenvalue weighted by Crippen LogP contribution is -2.45. The highest BCUT2D eigenvalue weighted by Crippen LogP contribution is 2.26. The minimum Gasteiger partial charge on any atom is -0.482 e. The highest BCUT2D eigenvalue weighted by Gasteiger charge is 2.25. The van der Waals surface area contributed by atoms with Gasteiger partial charge in [0.05, 0.1) is 16.7 Å². The second-order valence-electron chi connectivity index (χ2n) is 5.19. The van der Waals surface area contributed by atoms with E-state index in [1.807, 2.05) is 11.0 Å². The van der Waals surface area contributed by atoms with Crippen molar-refractivity contribution in [3.05, 3.63) is 28.8 Å². The summed E-state index contributed by atoms with van der Waals surface area (Å²) < 4.78 is 5.51. The molecule has 0 saturated carbocycles. The summed E-state index contributed by atoms with van der Waals surface area (Å²) in [6.07, 6.45) is 4.29. The van der Waals surface area contributed by atoms with Crippen molar-refractivity contribution in [3.63, 3.8) is 0 Å². The van der Waals surface area contributed by atoms with Crippen LogP contribution in [0.15, 0.2) is 18.2 Å². The van der Waals surface area contributed by atoms with Crippen LogP contribution in [0.2, 0.25) is 5.02 Å². The fraction of sp³-hybridized carbons (Fsp3) is 0.500. The van der Waals surface area contributed by atoms with Crippen LogP contribution >= 0.6 is 11.6 Å². The maximum absolute atomic E-state index is 12.3. The molecule has 0 N–H and O–H groups in total. The standard InChI is InChI=1S/C16H19ClN2O2/c1-2-13-5-3-4-8-19(13)16(20)11-21-15-7-6-12(10-18)9-14(15)17/h6-7,9,13H,2-5,8,11H2,1H3/t13-/m0/s1. The Labute approximate surface area is 130 Å². The van der Waals surface area contributed by atoms with E-state index in [4.69, 9.17) is 21.6 Å². The van der Waals surface area contributed by atoms with E-state index in [-0.39, 0.29) is 12.5 Å². The molecule has 1 amide bonds. The van der Waals surface area contributed by atoms with Crippen LogP contribution in [-0.4, -0.2) is 30.0 Å². The Hall–Kier alpha value is -1.73. The summed E-state index contributed by atoms with van der Waals surface area (Å²) in [6.45, 7) is 2.90. The molecule has 21 heavy (non-hydrogen) atoms. The summed E-state index contributed by atoms with van der Waals surface area (Å²) in [5, 5.41) is 9.14. The zero-order valence-electron chi connectivity index (χ0n) is 12.1. The Morgan fingerprint density at radius 2 is 2.33 bits per heavy atom. The van der Waals surface area contributed by atoms with Gasteiger partial charge in [-0.05, 0) is 43.9 Å². The van der Waals surface area contributed by atoms with Crippen LogP contribution in [0.3, 0.4) is 0 Å². The fourth-order valence-electron chi connectivity index (χ4n) is 2.66. The van der Waals surface area contributed by atoms with Crippen LogP contribution in [0, 0.1) is 11.3 Å². The van der Waals surface area contributed by atoms with Gasteiger partial charge in [0, 0.05) is 12.6 Å². The molecule has 2 rings (SSSR count). The Kier molecular flexibility index (Phi) is 5.46. The highest BCUT2D eigenvalue weighted by molar-refractivity contribution is 6.32. The van der Waals surface area contributed by atoms with Crippen molar-refractivity contribution in [1.82, 2.24) is 4.90 Å². The van der Waals surface area contributed by atoms with Crippen LogP contribution in [-0.2, 0) is 4.79 Å². The summed E-state index contributed by atoms with van der Waals surface area (Å²) >= 11 is 6.03. The van der Waals surface area contributed by atoms with Crippen molar-refractivity contribution in [3.8, 4) is 11.8 Å². The number of nitriles is 1. The smallest absolute Gasteiger partial charge is 0.260 e. The molecular weight excluding hydrogens is 288 g/mol. The number of carbonyl (C=O) groups excluding carboxylic acids is 1. The molecule has 4 nitrogen and oxygen atoms in total. The van der Waals surface area contributed by atoms with Gasteiger partial charge in [-0.25, -0.2) is 0 Å². The summed E-state index contributed by atoms with van der Waals surface area (Å²) in [6, 6.07) is 7.13. The second-order valence-corrected chi connectivity index (χ2v) is 5.60. The van der Waals surface area contributed by atoms with Gasteiger partial charge in [-0.3, -0.25) is 4.79 Å². The number of benzene rings is 1. The highest BCUT2D eigenvalue weighted by atomic mass is 35.5. The Bertz CT molecular complexity index is 554. The monoisotopic (exact) mass is 306 g/mol. The van der Waals surface area contributed by atoms with Crippen molar-refractivity contribution in [2.24, 2.45) is 0 Å². The molecule has 0 unspecified atom stereocenters. The van der Waals surface area contributed by atoms with Crippen molar-refractivity contribution >= 4 is 17.5 Å². The number of nitrogens with zero attached hydrogens (tertiary/aromatic N) is 2. The molecule has 1 atom stereocenters. The van der Waals surface area contributed by atoms with Crippen LogP contribution < -0.4 is 4.74 Å². The van der Waals surface area contributed by atoms with Crippen LogP contribution in [0.25, 0.3) is 0 Å². The third kappa shape index (κ3) is 3.89. The molecule has 1 saturated heterocycles. The topological polar surface area (TPSA) is 53.3 Å². The molecule has 0 spiro atoms. The lowest BCUT2D eigenvalue weighted by molar-refractivity contribution is -0.137. The quantitative estimate of drug-likeness (QED) is 0.857. The van der Waals surface area contributed by atoms with Gasteiger partial charge in [0.1, 0.15) is 5.75 Å². The van der Waals surface area contributed by atoms with Crippen molar-refractivity contribution < 1.29 is 9.53 Å². The largest absolute Gasteiger partial charge is 0.482 e. The molecule has 1 aliphatic rings. The lowest BCUT2D eigenvalue weighted by atomic mass is 10.00. The molecule has 1 fully saturated rings. The Morgan fingerprint density at radius 1 is 1.52 bits per heavy atom. The maximum Gasteiger partial charge on any atom is 0.260 e. The van der Waals surface area contributed by atoms with Gasteiger partial charge < -0.3 is 9.64 Å². The first-order valence-corrected chi connectivity index (χ1v) is 7.65. The van der Waals surface area contributed by atoms with Gasteiger partial charge in [0.15, 0.2) is 6.61 Å². The van der Waals surface area contributed by atoms with E-state index in [1.54, 1.807) is 12.1 Å². The fourth-order valence-corrected chi connectivity index (χ4v) is 2.90. The second kappa shape index (κ2) is 7.33. The zero-order valence-corrected chi connectivity index (χ0v) is 12.9. The number of hydrogen-bond donors (Lipinski definition) is 0. The molecule has 1 aromatic carbocycles. The molecule has 112 valence electrons. The predicted molar refractivity (Wildman–Crippen MR) is 81.3 cm³/mol. The Balaban J connectivity index is 1.96. The number of hydrogen-bond acceptors (Lipinski definition) is 3. The lowest BCUT2D eigenvalue weighted by Gasteiger charge is -2.35. The molecule has 0 aromatic heterocycles. The first-order chi connectivity index (χ1) is 10.2. The van der Waals surface area contributed by atoms with Crippen molar-refractivity contribution in [2.75, 3.05) is 13.2 Å². The first kappa shape index (κ1) is 15.7. The number of carbonyl (C=O) groups is 1. The third-order valence-corrected chi connectivity index (χ3v) is 4.13. The third-order valence-electron chi connectivity index (χ3n) is 3.83. The Morgan fingerprint density at radius 3 is 3.00 bits per heavy atom. The number of piperidine rings is 1. The molecular formula is C16H19ClN2O2. The summed E-state index contributed by atoms with van der Waals surface area (Å²) in [7, 11) is 0. The van der Waals surface area contributed by atoms with Gasteiger partial charge >= 0.3 is 0 Å². The van der Waals surface area contributed by atoms with Crippen LogP contribution in [0.5, 0.6) is 5.75 Å². The first-order valence-electron chi connectivity index (χ1n) is 7.27. The SMILES string of the molecule is CC[C@H]1CCCCN1C(=O)COc1ccc(C#N)cc1Cl. The zero-order chi connectivity index (χ0) is 15.2. The molecule has 1 aromatic rings. The van der Waals surface area contributed by atoms with Crippen molar-refractivity contribution in [1.29, 1.82) is 5.26 Å². The molecule has 0 aliphatic carbocycles. The van der Waals surface area contributed by atoms with Gasteiger partial charge in [0.2, 0.25) is 0 Å². The molecule has 1 heterocycles. The number of likely N-dealkylation sites (tertiary alicyclic amines) is 1. The normalized spacial score (nSPS) is 18.1. The molecule has 5 heteroatoms. The number of amides is 1. The number of halogens is 1. The molecule has 1 aliphatic heterocycles. The van der Waals surface area contributed by atoms with Gasteiger partial charge in [-0.15, -0.1) is 0 Å². The summed E-state index contributed by atoms with van der Waals surface area (Å²) in [5.41, 5.74) is 0.473. The number of rotatable bonds is 4. The van der Waals surface area contributed by atoms with E-state index in [1.165, 1.54) is 12.5 Å². The molecule has 0 radical (unpaired) electrons. The minimum atomic E-state index is -0.0118. The minimum absolute atomic E-state index is 0.00183. The van der Waals surface area contributed by atoms with E-state index < -0.39 is 0 Å². The van der Waals surface area contributed by atoms with Gasteiger partial charge in [-0.1, -0.05) is 18.5 Å².